The Morgan fingerprint density at radius 3 is 3.00 bits per heavy atom. The van der Waals surface area contributed by atoms with Crippen LogP contribution in [0.4, 0.5) is 0 Å². The highest BCUT2D eigenvalue weighted by atomic mass is 79.9. The van der Waals surface area contributed by atoms with E-state index in [1.165, 1.54) is 35.1 Å². The second-order valence-corrected chi connectivity index (χ2v) is 7.41. The molecule has 0 aromatic heterocycles. The molecule has 1 aromatic carbocycles. The zero-order valence-electron chi connectivity index (χ0n) is 11.2. The molecule has 0 radical (unpaired) electrons. The SMILES string of the molecule is CCSC1CCCC1NC(C)c1cccc(Br)c1. The van der Waals surface area contributed by atoms with E-state index in [0.717, 1.165) is 5.25 Å². The Kier molecular flexibility index (Phi) is 5.58. The molecular weight excluding hydrogens is 306 g/mol. The van der Waals surface area contributed by atoms with Gasteiger partial charge in [0, 0.05) is 21.8 Å². The van der Waals surface area contributed by atoms with E-state index in [0.29, 0.717) is 12.1 Å². The minimum absolute atomic E-state index is 0.436. The molecule has 0 aliphatic heterocycles. The zero-order chi connectivity index (χ0) is 13.0. The van der Waals surface area contributed by atoms with E-state index in [1.54, 1.807) is 0 Å². The fourth-order valence-corrected chi connectivity index (χ4v) is 4.35. The molecule has 1 N–H and O–H groups in total. The van der Waals surface area contributed by atoms with Crippen molar-refractivity contribution in [3.63, 3.8) is 0 Å². The molecule has 1 aliphatic carbocycles. The van der Waals surface area contributed by atoms with Gasteiger partial charge in [-0.3, -0.25) is 0 Å². The van der Waals surface area contributed by atoms with Gasteiger partial charge in [0.2, 0.25) is 0 Å². The Bertz CT molecular complexity index is 383. The van der Waals surface area contributed by atoms with E-state index >= 15 is 0 Å². The van der Waals surface area contributed by atoms with Crippen LogP contribution in [-0.4, -0.2) is 17.0 Å². The maximum Gasteiger partial charge on any atom is 0.0295 e. The van der Waals surface area contributed by atoms with Crippen molar-refractivity contribution in [1.29, 1.82) is 0 Å². The summed E-state index contributed by atoms with van der Waals surface area (Å²) in [7, 11) is 0. The smallest absolute Gasteiger partial charge is 0.0295 e. The van der Waals surface area contributed by atoms with Crippen LogP contribution in [0.2, 0.25) is 0 Å². The number of hydrogen-bond acceptors (Lipinski definition) is 2. The fourth-order valence-electron chi connectivity index (χ4n) is 2.72. The molecule has 1 aromatic rings. The number of rotatable bonds is 5. The fraction of sp³-hybridized carbons (Fsp3) is 0.600. The van der Waals surface area contributed by atoms with Crippen molar-refractivity contribution in [3.05, 3.63) is 34.3 Å². The van der Waals surface area contributed by atoms with Crippen molar-refractivity contribution in [1.82, 2.24) is 5.32 Å². The summed E-state index contributed by atoms with van der Waals surface area (Å²) in [4.78, 5) is 0. The Morgan fingerprint density at radius 2 is 2.28 bits per heavy atom. The van der Waals surface area contributed by atoms with Gasteiger partial charge in [-0.1, -0.05) is 41.4 Å². The second kappa shape index (κ2) is 6.97. The topological polar surface area (TPSA) is 12.0 Å². The normalized spacial score (nSPS) is 25.3. The lowest BCUT2D eigenvalue weighted by Crippen LogP contribution is -2.36. The Labute approximate surface area is 123 Å². The summed E-state index contributed by atoms with van der Waals surface area (Å²) < 4.78 is 1.17. The Morgan fingerprint density at radius 1 is 1.44 bits per heavy atom. The highest BCUT2D eigenvalue weighted by Gasteiger charge is 2.28. The van der Waals surface area contributed by atoms with Gasteiger partial charge in [-0.05, 0) is 43.2 Å². The van der Waals surface area contributed by atoms with E-state index in [-0.39, 0.29) is 0 Å². The largest absolute Gasteiger partial charge is 0.306 e. The molecule has 2 rings (SSSR count). The van der Waals surface area contributed by atoms with Crippen molar-refractivity contribution in [2.45, 2.75) is 50.4 Å². The van der Waals surface area contributed by atoms with Gasteiger partial charge in [0.1, 0.15) is 0 Å². The predicted molar refractivity (Wildman–Crippen MR) is 85.3 cm³/mol. The average molecular weight is 328 g/mol. The summed E-state index contributed by atoms with van der Waals surface area (Å²) in [6.07, 6.45) is 4.08. The molecule has 3 atom stereocenters. The third-order valence-electron chi connectivity index (χ3n) is 3.65. The monoisotopic (exact) mass is 327 g/mol. The van der Waals surface area contributed by atoms with Crippen LogP contribution in [0.1, 0.15) is 44.7 Å². The maximum atomic E-state index is 3.82. The number of benzene rings is 1. The second-order valence-electron chi connectivity index (χ2n) is 4.97. The van der Waals surface area contributed by atoms with Crippen LogP contribution < -0.4 is 5.32 Å². The van der Waals surface area contributed by atoms with E-state index < -0.39 is 0 Å². The van der Waals surface area contributed by atoms with Gasteiger partial charge in [0.25, 0.3) is 0 Å². The molecular formula is C15H22BrNS. The first-order valence-electron chi connectivity index (χ1n) is 6.84. The first kappa shape index (κ1) is 14.4. The molecule has 3 unspecified atom stereocenters. The highest BCUT2D eigenvalue weighted by Crippen LogP contribution is 2.31. The molecule has 18 heavy (non-hydrogen) atoms. The highest BCUT2D eigenvalue weighted by molar-refractivity contribution is 9.10. The molecule has 0 amide bonds. The van der Waals surface area contributed by atoms with Crippen LogP contribution in [0.5, 0.6) is 0 Å². The molecule has 0 spiro atoms. The molecule has 0 heterocycles. The average Bonchev–Trinajstić information content (AvgIpc) is 2.77. The summed E-state index contributed by atoms with van der Waals surface area (Å²) in [5.41, 5.74) is 1.37. The maximum absolute atomic E-state index is 3.82. The predicted octanol–water partition coefficient (Wildman–Crippen LogP) is 4.77. The van der Waals surface area contributed by atoms with Crippen LogP contribution in [0, 0.1) is 0 Å². The lowest BCUT2D eigenvalue weighted by atomic mass is 10.1. The first-order valence-corrected chi connectivity index (χ1v) is 8.68. The third kappa shape index (κ3) is 3.75. The molecule has 1 fully saturated rings. The summed E-state index contributed by atoms with van der Waals surface area (Å²) >= 11 is 5.66. The summed E-state index contributed by atoms with van der Waals surface area (Å²) in [6.45, 7) is 4.53. The Balaban J connectivity index is 1.96. The van der Waals surface area contributed by atoms with Gasteiger partial charge in [-0.2, -0.15) is 11.8 Å². The van der Waals surface area contributed by atoms with E-state index in [9.17, 15) is 0 Å². The lowest BCUT2D eigenvalue weighted by molar-refractivity contribution is 0.467. The lowest BCUT2D eigenvalue weighted by Gasteiger charge is -2.25. The van der Waals surface area contributed by atoms with Crippen LogP contribution in [0.25, 0.3) is 0 Å². The minimum Gasteiger partial charge on any atom is -0.306 e. The van der Waals surface area contributed by atoms with Gasteiger partial charge in [0.15, 0.2) is 0 Å². The van der Waals surface area contributed by atoms with Gasteiger partial charge in [0.05, 0.1) is 0 Å². The molecule has 1 aliphatic rings. The summed E-state index contributed by atoms with van der Waals surface area (Å²) in [5.74, 6) is 1.23. The van der Waals surface area contributed by atoms with Crippen molar-refractivity contribution in [3.8, 4) is 0 Å². The number of halogens is 1. The Hall–Kier alpha value is 0.01000. The van der Waals surface area contributed by atoms with Gasteiger partial charge in [-0.25, -0.2) is 0 Å². The molecule has 1 nitrogen and oxygen atoms in total. The number of nitrogens with one attached hydrogen (secondary N) is 1. The molecule has 0 bridgehead atoms. The molecule has 1 saturated carbocycles. The minimum atomic E-state index is 0.436. The van der Waals surface area contributed by atoms with E-state index in [2.05, 4.69) is 71.1 Å². The van der Waals surface area contributed by atoms with Gasteiger partial charge >= 0.3 is 0 Å². The summed E-state index contributed by atoms with van der Waals surface area (Å²) in [6, 6.07) is 9.74. The van der Waals surface area contributed by atoms with Crippen molar-refractivity contribution < 1.29 is 0 Å². The quantitative estimate of drug-likeness (QED) is 0.835. The number of hydrogen-bond donors (Lipinski definition) is 1. The van der Waals surface area contributed by atoms with Crippen molar-refractivity contribution in [2.75, 3.05) is 5.75 Å². The van der Waals surface area contributed by atoms with Crippen LogP contribution in [-0.2, 0) is 0 Å². The molecule has 100 valence electrons. The zero-order valence-corrected chi connectivity index (χ0v) is 13.6. The van der Waals surface area contributed by atoms with Crippen molar-refractivity contribution >= 4 is 27.7 Å². The number of thioether (sulfide) groups is 1. The standard InChI is InChI=1S/C15H22BrNS/c1-3-18-15-9-5-8-14(15)17-11(2)12-6-4-7-13(16)10-12/h4,6-7,10-11,14-15,17H,3,5,8-9H2,1-2H3. The van der Waals surface area contributed by atoms with Crippen molar-refractivity contribution in [2.24, 2.45) is 0 Å². The van der Waals surface area contributed by atoms with E-state index in [1.807, 2.05) is 0 Å². The molecule has 0 saturated heterocycles. The van der Waals surface area contributed by atoms with E-state index in [4.69, 9.17) is 0 Å². The van der Waals surface area contributed by atoms with Crippen LogP contribution >= 0.6 is 27.7 Å². The van der Waals surface area contributed by atoms with Crippen LogP contribution in [0.3, 0.4) is 0 Å². The van der Waals surface area contributed by atoms with Crippen LogP contribution in [0.15, 0.2) is 28.7 Å². The third-order valence-corrected chi connectivity index (χ3v) is 5.47. The van der Waals surface area contributed by atoms with Gasteiger partial charge in [-0.15, -0.1) is 0 Å². The summed E-state index contributed by atoms with van der Waals surface area (Å²) in [5, 5.41) is 4.63. The first-order chi connectivity index (χ1) is 8.70. The molecule has 3 heteroatoms. The van der Waals surface area contributed by atoms with Gasteiger partial charge < -0.3 is 5.32 Å².